The van der Waals surface area contributed by atoms with Crippen molar-refractivity contribution in [1.29, 1.82) is 0 Å². The smallest absolute Gasteiger partial charge is 0.250 e. The second-order valence-corrected chi connectivity index (χ2v) is 6.11. The lowest BCUT2D eigenvalue weighted by atomic mass is 10.2. The summed E-state index contributed by atoms with van der Waals surface area (Å²) >= 11 is 6.17. The first-order chi connectivity index (χ1) is 13.7. The zero-order valence-electron chi connectivity index (χ0n) is 15.0. The quantitative estimate of drug-likeness (QED) is 0.488. The van der Waals surface area contributed by atoms with E-state index in [1.165, 1.54) is 4.80 Å². The molecule has 0 spiro atoms. The number of halogens is 1. The number of benzene rings is 2. The fourth-order valence-corrected chi connectivity index (χ4v) is 2.81. The van der Waals surface area contributed by atoms with Crippen LogP contribution in [0.15, 0.2) is 47.0 Å². The van der Waals surface area contributed by atoms with Crippen LogP contribution in [-0.2, 0) is 6.54 Å². The highest BCUT2D eigenvalue weighted by Gasteiger charge is 2.15. The summed E-state index contributed by atoms with van der Waals surface area (Å²) in [6, 6.07) is 12.7. The zero-order chi connectivity index (χ0) is 19.5. The molecule has 28 heavy (non-hydrogen) atoms. The minimum atomic E-state index is 0.178. The van der Waals surface area contributed by atoms with Crippen LogP contribution in [0.1, 0.15) is 5.89 Å². The minimum absolute atomic E-state index is 0.178. The second-order valence-electron chi connectivity index (χ2n) is 5.70. The normalized spacial score (nSPS) is 10.8. The van der Waals surface area contributed by atoms with Gasteiger partial charge in [0.2, 0.25) is 11.6 Å². The molecule has 0 saturated carbocycles. The topological polar surface area (TPSA) is 101 Å². The number of nitrogens with zero attached hydrogens (tertiary/aromatic N) is 6. The Balaban J connectivity index is 1.54. The predicted octanol–water partition coefficient (Wildman–Crippen LogP) is 3.11. The highest BCUT2D eigenvalue weighted by molar-refractivity contribution is 6.33. The van der Waals surface area contributed by atoms with E-state index in [1.807, 2.05) is 24.3 Å². The molecule has 10 heteroatoms. The third-order valence-electron chi connectivity index (χ3n) is 3.95. The molecule has 142 valence electrons. The van der Waals surface area contributed by atoms with Crippen LogP contribution < -0.4 is 9.47 Å². The van der Waals surface area contributed by atoms with Gasteiger partial charge in [0, 0.05) is 11.1 Å². The fraction of sp³-hybridized carbons (Fsp3) is 0.167. The number of tetrazole rings is 1. The van der Waals surface area contributed by atoms with Crippen LogP contribution >= 0.6 is 11.6 Å². The van der Waals surface area contributed by atoms with E-state index >= 15 is 0 Å². The molecule has 0 atom stereocenters. The average molecular weight is 399 g/mol. The molecule has 2 aromatic heterocycles. The van der Waals surface area contributed by atoms with Gasteiger partial charge in [0.15, 0.2) is 11.5 Å². The third-order valence-corrected chi connectivity index (χ3v) is 4.28. The molecule has 0 N–H and O–H groups in total. The molecule has 0 aliphatic carbocycles. The minimum Gasteiger partial charge on any atom is -0.493 e. The van der Waals surface area contributed by atoms with Gasteiger partial charge in [-0.25, -0.2) is 0 Å². The number of aromatic nitrogens is 6. The fourth-order valence-electron chi connectivity index (χ4n) is 2.59. The number of methoxy groups -OCH3 is 2. The Morgan fingerprint density at radius 2 is 1.86 bits per heavy atom. The third kappa shape index (κ3) is 3.52. The first-order valence-electron chi connectivity index (χ1n) is 8.25. The molecule has 2 heterocycles. The molecular weight excluding hydrogens is 384 g/mol. The number of ether oxygens (including phenoxy) is 2. The van der Waals surface area contributed by atoms with Gasteiger partial charge in [-0.15, -0.1) is 10.2 Å². The summed E-state index contributed by atoms with van der Waals surface area (Å²) < 4.78 is 15.8. The van der Waals surface area contributed by atoms with Crippen molar-refractivity contribution in [2.24, 2.45) is 0 Å². The molecule has 0 unspecified atom stereocenters. The number of rotatable bonds is 6. The largest absolute Gasteiger partial charge is 0.493 e. The summed E-state index contributed by atoms with van der Waals surface area (Å²) in [7, 11) is 3.14. The van der Waals surface area contributed by atoms with Crippen LogP contribution in [0.5, 0.6) is 11.5 Å². The standard InChI is InChI=1S/C18H15ClN6O3/c1-26-14-8-7-11(9-15(14)27-2)17-20-16(28-23-17)10-25-22-18(21-24-25)12-5-3-4-6-13(12)19/h3-9H,10H2,1-2H3. The molecule has 0 saturated heterocycles. The van der Waals surface area contributed by atoms with Crippen molar-refractivity contribution in [3.63, 3.8) is 0 Å². The van der Waals surface area contributed by atoms with Crippen LogP contribution in [-0.4, -0.2) is 44.6 Å². The first kappa shape index (κ1) is 17.9. The van der Waals surface area contributed by atoms with Crippen molar-refractivity contribution in [2.75, 3.05) is 14.2 Å². The highest BCUT2D eigenvalue weighted by Crippen LogP contribution is 2.31. The van der Waals surface area contributed by atoms with Crippen LogP contribution in [0.2, 0.25) is 5.02 Å². The zero-order valence-corrected chi connectivity index (χ0v) is 15.8. The number of hydrogen-bond donors (Lipinski definition) is 0. The van der Waals surface area contributed by atoms with Gasteiger partial charge in [-0.2, -0.15) is 9.78 Å². The SMILES string of the molecule is COc1ccc(-c2noc(Cn3nnc(-c4ccccc4Cl)n3)n2)cc1OC. The Kier molecular flexibility index (Phi) is 4.90. The van der Waals surface area contributed by atoms with Gasteiger partial charge in [0.1, 0.15) is 6.54 Å². The van der Waals surface area contributed by atoms with Gasteiger partial charge in [0.05, 0.1) is 19.2 Å². The van der Waals surface area contributed by atoms with Gasteiger partial charge in [-0.05, 0) is 35.5 Å². The van der Waals surface area contributed by atoms with E-state index < -0.39 is 0 Å². The Morgan fingerprint density at radius 3 is 2.64 bits per heavy atom. The van der Waals surface area contributed by atoms with Crippen LogP contribution in [0.3, 0.4) is 0 Å². The molecule has 9 nitrogen and oxygen atoms in total. The first-order valence-corrected chi connectivity index (χ1v) is 8.63. The summed E-state index contributed by atoms with van der Waals surface area (Å²) in [6.07, 6.45) is 0. The van der Waals surface area contributed by atoms with E-state index in [2.05, 4.69) is 25.6 Å². The van der Waals surface area contributed by atoms with Crippen molar-refractivity contribution in [3.05, 3.63) is 53.4 Å². The molecule has 2 aromatic carbocycles. The van der Waals surface area contributed by atoms with Crippen LogP contribution in [0, 0.1) is 0 Å². The van der Waals surface area contributed by atoms with E-state index in [0.717, 1.165) is 5.56 Å². The maximum atomic E-state index is 6.17. The van der Waals surface area contributed by atoms with E-state index in [-0.39, 0.29) is 6.54 Å². The molecular formula is C18H15ClN6O3. The molecule has 4 rings (SSSR count). The maximum absolute atomic E-state index is 6.17. The van der Waals surface area contributed by atoms with E-state index in [1.54, 1.807) is 32.4 Å². The van der Waals surface area contributed by atoms with Crippen molar-refractivity contribution < 1.29 is 14.0 Å². The van der Waals surface area contributed by atoms with Gasteiger partial charge < -0.3 is 14.0 Å². The molecule has 4 aromatic rings. The molecule has 0 bridgehead atoms. The van der Waals surface area contributed by atoms with Gasteiger partial charge >= 0.3 is 0 Å². The van der Waals surface area contributed by atoms with Crippen molar-refractivity contribution in [3.8, 4) is 34.3 Å². The summed E-state index contributed by atoms with van der Waals surface area (Å²) in [5.74, 6) is 2.38. The summed E-state index contributed by atoms with van der Waals surface area (Å²) in [5, 5.41) is 16.9. The summed E-state index contributed by atoms with van der Waals surface area (Å²) in [4.78, 5) is 5.74. The summed E-state index contributed by atoms with van der Waals surface area (Å²) in [6.45, 7) is 0.178. The van der Waals surface area contributed by atoms with Gasteiger partial charge in [-0.3, -0.25) is 0 Å². The molecule has 0 aliphatic heterocycles. The highest BCUT2D eigenvalue weighted by atomic mass is 35.5. The van der Waals surface area contributed by atoms with Gasteiger partial charge in [0.25, 0.3) is 5.89 Å². The Labute approximate surface area is 164 Å². The van der Waals surface area contributed by atoms with Crippen molar-refractivity contribution in [1.82, 2.24) is 30.3 Å². The Bertz CT molecular complexity index is 1110. The lowest BCUT2D eigenvalue weighted by molar-refractivity contribution is 0.354. The van der Waals surface area contributed by atoms with E-state index in [0.29, 0.717) is 39.6 Å². The van der Waals surface area contributed by atoms with Crippen LogP contribution in [0.25, 0.3) is 22.8 Å². The monoisotopic (exact) mass is 398 g/mol. The van der Waals surface area contributed by atoms with E-state index in [9.17, 15) is 0 Å². The molecule has 0 fully saturated rings. The number of hydrogen-bond acceptors (Lipinski definition) is 8. The van der Waals surface area contributed by atoms with Crippen LogP contribution in [0.4, 0.5) is 0 Å². The Hall–Kier alpha value is -3.46. The molecule has 0 amide bonds. The van der Waals surface area contributed by atoms with Crippen molar-refractivity contribution in [2.45, 2.75) is 6.54 Å². The molecule has 0 aliphatic rings. The maximum Gasteiger partial charge on any atom is 0.250 e. The van der Waals surface area contributed by atoms with E-state index in [4.69, 9.17) is 25.6 Å². The predicted molar refractivity (Wildman–Crippen MR) is 100 cm³/mol. The van der Waals surface area contributed by atoms with Gasteiger partial charge in [-0.1, -0.05) is 28.9 Å². The second kappa shape index (κ2) is 7.65. The lowest BCUT2D eigenvalue weighted by Gasteiger charge is -2.07. The van der Waals surface area contributed by atoms with Crippen molar-refractivity contribution >= 4 is 11.6 Å². The Morgan fingerprint density at radius 1 is 1.04 bits per heavy atom. The lowest BCUT2D eigenvalue weighted by Crippen LogP contribution is -2.04. The summed E-state index contributed by atoms with van der Waals surface area (Å²) in [5.41, 5.74) is 1.43. The molecule has 0 radical (unpaired) electrons. The average Bonchev–Trinajstić information content (AvgIpc) is 3.38.